The van der Waals surface area contributed by atoms with E-state index in [2.05, 4.69) is 25.2 Å². The van der Waals surface area contributed by atoms with E-state index in [-0.39, 0.29) is 12.5 Å². The molecule has 2 bridgehead atoms. The number of carboxylic acids is 1. The summed E-state index contributed by atoms with van der Waals surface area (Å²) in [6.45, 7) is 2.18. The van der Waals surface area contributed by atoms with Crippen molar-refractivity contribution in [2.75, 3.05) is 0 Å². The number of carbonyl (C=O) groups is 1. The minimum absolute atomic E-state index is 0.239. The highest BCUT2D eigenvalue weighted by atomic mass is 16.5. The summed E-state index contributed by atoms with van der Waals surface area (Å²) in [5.74, 6) is 0.175. The Kier molecular flexibility index (Phi) is 8.70. The standard InChI is InChI=1S/C21H34O4/c1-2-3-6-9-16(22)12-13-18-17(19-14-15-20(18)25-19)10-7-4-5-8-11-21(23)24/h4,7,12-13,16-20,22H,2-3,5-6,8-11,14-15H2,1H3,(H,23,24)/b7-4-,13-12+/t16-,17+,18-,19-,20+/m0/s1. The Hall–Kier alpha value is -1.13. The second kappa shape index (κ2) is 10.8. The lowest BCUT2D eigenvalue weighted by Crippen LogP contribution is -2.25. The van der Waals surface area contributed by atoms with Gasteiger partial charge in [-0.2, -0.15) is 0 Å². The second-order valence-electron chi connectivity index (χ2n) is 7.47. The van der Waals surface area contributed by atoms with E-state index in [0.29, 0.717) is 30.5 Å². The van der Waals surface area contributed by atoms with E-state index >= 15 is 0 Å². The van der Waals surface area contributed by atoms with Gasteiger partial charge in [-0.25, -0.2) is 0 Å². The number of aliphatic hydroxyl groups excluding tert-OH is 1. The SMILES string of the molecule is CCCCC[C@H](O)/C=C/[C@H]1[C@@H](C/C=C\CCCC(=O)O)[C@@H]2CC[C@H]1O2. The third-order valence-corrected chi connectivity index (χ3v) is 5.48. The molecule has 25 heavy (non-hydrogen) atoms. The topological polar surface area (TPSA) is 66.8 Å². The van der Waals surface area contributed by atoms with Crippen LogP contribution in [0.4, 0.5) is 0 Å². The third kappa shape index (κ3) is 6.59. The molecular formula is C21H34O4. The molecule has 142 valence electrons. The van der Waals surface area contributed by atoms with E-state index in [0.717, 1.165) is 38.5 Å². The van der Waals surface area contributed by atoms with Gasteiger partial charge in [-0.1, -0.05) is 50.5 Å². The Morgan fingerprint density at radius 1 is 1.20 bits per heavy atom. The molecule has 2 aliphatic heterocycles. The summed E-state index contributed by atoms with van der Waals surface area (Å²) >= 11 is 0. The van der Waals surface area contributed by atoms with Crippen molar-refractivity contribution in [1.29, 1.82) is 0 Å². The quantitative estimate of drug-likeness (QED) is 0.402. The minimum atomic E-state index is -0.724. The van der Waals surface area contributed by atoms with Gasteiger partial charge in [-0.05, 0) is 44.4 Å². The number of hydrogen-bond donors (Lipinski definition) is 2. The Morgan fingerprint density at radius 2 is 2.00 bits per heavy atom. The molecule has 0 saturated carbocycles. The zero-order valence-corrected chi connectivity index (χ0v) is 15.5. The molecule has 4 heteroatoms. The zero-order valence-electron chi connectivity index (χ0n) is 15.5. The first-order valence-corrected chi connectivity index (χ1v) is 10.0. The van der Waals surface area contributed by atoms with Crippen LogP contribution in [-0.4, -0.2) is 34.5 Å². The molecular weight excluding hydrogens is 316 g/mol. The molecule has 5 atom stereocenters. The number of fused-ring (bicyclic) bond motifs is 2. The first-order chi connectivity index (χ1) is 12.1. The van der Waals surface area contributed by atoms with Crippen molar-refractivity contribution in [3.05, 3.63) is 24.3 Å². The van der Waals surface area contributed by atoms with Crippen molar-refractivity contribution in [3.63, 3.8) is 0 Å². The second-order valence-corrected chi connectivity index (χ2v) is 7.47. The average molecular weight is 350 g/mol. The lowest BCUT2D eigenvalue weighted by atomic mass is 9.77. The number of aliphatic carboxylic acids is 1. The molecule has 2 heterocycles. The van der Waals surface area contributed by atoms with Gasteiger partial charge in [0.25, 0.3) is 0 Å². The number of ether oxygens (including phenoxy) is 1. The van der Waals surface area contributed by atoms with Crippen LogP contribution < -0.4 is 0 Å². The first kappa shape index (κ1) is 20.2. The normalized spacial score (nSPS) is 29.8. The van der Waals surface area contributed by atoms with Gasteiger partial charge in [-0.15, -0.1) is 0 Å². The maximum Gasteiger partial charge on any atom is 0.303 e. The van der Waals surface area contributed by atoms with Crippen molar-refractivity contribution < 1.29 is 19.7 Å². The molecule has 0 aromatic heterocycles. The number of aliphatic hydroxyl groups is 1. The molecule has 0 spiro atoms. The molecule has 4 nitrogen and oxygen atoms in total. The van der Waals surface area contributed by atoms with Crippen LogP contribution in [0.5, 0.6) is 0 Å². The molecule has 2 rings (SSSR count). The lowest BCUT2D eigenvalue weighted by molar-refractivity contribution is -0.137. The average Bonchev–Trinajstić information content (AvgIpc) is 3.17. The Morgan fingerprint density at radius 3 is 2.76 bits per heavy atom. The summed E-state index contributed by atoms with van der Waals surface area (Å²) in [6, 6.07) is 0. The van der Waals surface area contributed by atoms with Crippen molar-refractivity contribution in [1.82, 2.24) is 0 Å². The van der Waals surface area contributed by atoms with Gasteiger partial charge in [0.1, 0.15) is 0 Å². The fraction of sp³-hybridized carbons (Fsp3) is 0.762. The summed E-state index contributed by atoms with van der Waals surface area (Å²) in [5, 5.41) is 18.8. The van der Waals surface area contributed by atoms with E-state index in [1.165, 1.54) is 12.8 Å². The van der Waals surface area contributed by atoms with Crippen LogP contribution in [0.15, 0.2) is 24.3 Å². The third-order valence-electron chi connectivity index (χ3n) is 5.48. The number of unbranched alkanes of at least 4 members (excludes halogenated alkanes) is 3. The van der Waals surface area contributed by atoms with Crippen molar-refractivity contribution in [2.24, 2.45) is 11.8 Å². The predicted octanol–water partition coefficient (Wildman–Crippen LogP) is 4.48. The molecule has 0 unspecified atom stereocenters. The molecule has 2 fully saturated rings. The highest BCUT2D eigenvalue weighted by Crippen LogP contribution is 2.45. The molecule has 2 N–H and O–H groups in total. The van der Waals surface area contributed by atoms with E-state index < -0.39 is 5.97 Å². The number of allylic oxidation sites excluding steroid dienone is 2. The monoisotopic (exact) mass is 350 g/mol. The zero-order chi connectivity index (χ0) is 18.1. The number of rotatable bonds is 12. The fourth-order valence-electron chi connectivity index (χ4n) is 4.09. The largest absolute Gasteiger partial charge is 0.481 e. The molecule has 0 aromatic rings. The molecule has 2 aliphatic rings. The lowest BCUT2D eigenvalue weighted by Gasteiger charge is -2.25. The van der Waals surface area contributed by atoms with Gasteiger partial charge >= 0.3 is 5.97 Å². The molecule has 0 radical (unpaired) electrons. The molecule has 2 saturated heterocycles. The van der Waals surface area contributed by atoms with Gasteiger partial charge < -0.3 is 14.9 Å². The van der Waals surface area contributed by atoms with Crippen LogP contribution in [0.2, 0.25) is 0 Å². The molecule has 0 amide bonds. The van der Waals surface area contributed by atoms with Gasteiger partial charge in [0.15, 0.2) is 0 Å². The van der Waals surface area contributed by atoms with E-state index in [1.54, 1.807) is 0 Å². The Labute approximate surface area is 152 Å². The minimum Gasteiger partial charge on any atom is -0.481 e. The summed E-state index contributed by atoms with van der Waals surface area (Å²) in [4.78, 5) is 10.5. The summed E-state index contributed by atoms with van der Waals surface area (Å²) in [7, 11) is 0. The van der Waals surface area contributed by atoms with Gasteiger partial charge in [0.2, 0.25) is 0 Å². The summed E-state index contributed by atoms with van der Waals surface area (Å²) < 4.78 is 6.09. The van der Waals surface area contributed by atoms with Gasteiger partial charge in [0.05, 0.1) is 18.3 Å². The fourth-order valence-corrected chi connectivity index (χ4v) is 4.09. The Bertz CT molecular complexity index is 457. The van der Waals surface area contributed by atoms with Crippen LogP contribution in [0.25, 0.3) is 0 Å². The molecule has 0 aliphatic carbocycles. The maximum absolute atomic E-state index is 10.5. The van der Waals surface area contributed by atoms with Crippen LogP contribution in [0.3, 0.4) is 0 Å². The Balaban J connectivity index is 1.78. The molecule has 0 aromatic carbocycles. The van der Waals surface area contributed by atoms with Crippen LogP contribution in [-0.2, 0) is 9.53 Å². The van der Waals surface area contributed by atoms with Gasteiger partial charge in [-0.3, -0.25) is 4.79 Å². The van der Waals surface area contributed by atoms with E-state index in [4.69, 9.17) is 9.84 Å². The van der Waals surface area contributed by atoms with E-state index in [1.807, 2.05) is 6.08 Å². The van der Waals surface area contributed by atoms with E-state index in [9.17, 15) is 9.90 Å². The van der Waals surface area contributed by atoms with Crippen molar-refractivity contribution in [2.45, 2.75) is 89.4 Å². The highest BCUT2D eigenvalue weighted by molar-refractivity contribution is 5.66. The number of carboxylic acid groups (broad SMARTS) is 1. The summed E-state index contributed by atoms with van der Waals surface area (Å²) in [6.07, 6.45) is 18.1. The maximum atomic E-state index is 10.5. The highest BCUT2D eigenvalue weighted by Gasteiger charge is 2.46. The van der Waals surface area contributed by atoms with Crippen LogP contribution in [0, 0.1) is 11.8 Å². The summed E-state index contributed by atoms with van der Waals surface area (Å²) in [5.41, 5.74) is 0. The van der Waals surface area contributed by atoms with Crippen molar-refractivity contribution in [3.8, 4) is 0 Å². The smallest absolute Gasteiger partial charge is 0.303 e. The van der Waals surface area contributed by atoms with Gasteiger partial charge in [0, 0.05) is 12.3 Å². The number of hydrogen-bond acceptors (Lipinski definition) is 3. The predicted molar refractivity (Wildman–Crippen MR) is 99.4 cm³/mol. The first-order valence-electron chi connectivity index (χ1n) is 10.0. The van der Waals surface area contributed by atoms with Crippen molar-refractivity contribution >= 4 is 5.97 Å². The van der Waals surface area contributed by atoms with Crippen LogP contribution in [0.1, 0.15) is 71.1 Å². The van der Waals surface area contributed by atoms with Crippen LogP contribution >= 0.6 is 0 Å².